The number of carboxylic acid groups (broad SMARTS) is 1. The molecule has 0 aromatic rings. The van der Waals surface area contributed by atoms with Crippen LogP contribution in [0.1, 0.15) is 27.7 Å². The van der Waals surface area contributed by atoms with Gasteiger partial charge in [-0.3, -0.25) is 4.90 Å². The third-order valence-corrected chi connectivity index (χ3v) is 4.41. The quantitative estimate of drug-likeness (QED) is 0.773. The van der Waals surface area contributed by atoms with E-state index in [0.717, 1.165) is 6.54 Å². The molecule has 0 spiro atoms. The molecule has 6 nitrogen and oxygen atoms in total. The summed E-state index contributed by atoms with van der Waals surface area (Å²) < 4.78 is 0. The number of aliphatic carboxylic acids is 1. The average Bonchev–Trinajstić information content (AvgIpc) is 2.82. The van der Waals surface area contributed by atoms with Crippen molar-refractivity contribution in [3.8, 4) is 0 Å². The zero-order valence-corrected chi connectivity index (χ0v) is 13.4. The largest absolute Gasteiger partial charge is 0.480 e. The van der Waals surface area contributed by atoms with Crippen LogP contribution in [0.3, 0.4) is 0 Å². The van der Waals surface area contributed by atoms with Crippen molar-refractivity contribution in [2.24, 2.45) is 0 Å². The van der Waals surface area contributed by atoms with Crippen LogP contribution >= 0.6 is 11.8 Å². The van der Waals surface area contributed by atoms with Gasteiger partial charge in [0.15, 0.2) is 0 Å². The molecule has 2 amide bonds. The van der Waals surface area contributed by atoms with Gasteiger partial charge in [-0.1, -0.05) is 0 Å². The number of hydrogen-bond donors (Lipinski definition) is 2. The van der Waals surface area contributed by atoms with Gasteiger partial charge in [0, 0.05) is 30.9 Å². The standard InChI is InChI=1S/C13H25N3O3S/c1-9(2)15(10(3)4)6-5-14-13(19)16-8-20-7-11(16)12(17)18/h9-11H,5-8H2,1-4H3,(H,14,19)(H,17,18). The predicted octanol–water partition coefficient (Wildman–Crippen LogP) is 1.27. The van der Waals surface area contributed by atoms with Crippen molar-refractivity contribution >= 4 is 23.8 Å². The molecule has 0 saturated carbocycles. The fourth-order valence-corrected chi connectivity index (χ4v) is 3.50. The minimum absolute atomic E-state index is 0.283. The molecule has 0 bridgehead atoms. The SMILES string of the molecule is CC(C)N(CCNC(=O)N1CSCC1C(=O)O)C(C)C. The summed E-state index contributed by atoms with van der Waals surface area (Å²) in [5, 5.41) is 11.9. The van der Waals surface area contributed by atoms with E-state index < -0.39 is 12.0 Å². The van der Waals surface area contributed by atoms with Crippen molar-refractivity contribution < 1.29 is 14.7 Å². The lowest BCUT2D eigenvalue weighted by Crippen LogP contribution is -2.49. The summed E-state index contributed by atoms with van der Waals surface area (Å²) in [6, 6.07) is -0.150. The minimum atomic E-state index is -0.934. The Morgan fingerprint density at radius 1 is 1.35 bits per heavy atom. The van der Waals surface area contributed by atoms with E-state index in [1.54, 1.807) is 0 Å². The van der Waals surface area contributed by atoms with Gasteiger partial charge in [0.1, 0.15) is 6.04 Å². The third kappa shape index (κ3) is 4.56. The van der Waals surface area contributed by atoms with Gasteiger partial charge >= 0.3 is 12.0 Å². The highest BCUT2D eigenvalue weighted by atomic mass is 32.2. The molecule has 1 aliphatic heterocycles. The lowest BCUT2D eigenvalue weighted by Gasteiger charge is -2.31. The molecule has 1 aliphatic rings. The zero-order chi connectivity index (χ0) is 15.3. The Labute approximate surface area is 124 Å². The fourth-order valence-electron chi connectivity index (χ4n) is 2.35. The van der Waals surface area contributed by atoms with Crippen LogP contribution in [-0.4, -0.2) is 69.8 Å². The second-order valence-corrected chi connectivity index (χ2v) is 6.48. The highest BCUT2D eigenvalue weighted by Crippen LogP contribution is 2.20. The number of rotatable bonds is 6. The number of thioether (sulfide) groups is 1. The zero-order valence-electron chi connectivity index (χ0n) is 12.6. The minimum Gasteiger partial charge on any atom is -0.480 e. The van der Waals surface area contributed by atoms with Crippen molar-refractivity contribution in [3.05, 3.63) is 0 Å². The summed E-state index contributed by atoms with van der Waals surface area (Å²) in [5.41, 5.74) is 0. The number of carboxylic acids is 1. The van der Waals surface area contributed by atoms with Crippen LogP contribution in [-0.2, 0) is 4.79 Å². The molecule has 116 valence electrons. The first-order chi connectivity index (χ1) is 9.34. The van der Waals surface area contributed by atoms with E-state index in [4.69, 9.17) is 5.11 Å². The molecule has 1 unspecified atom stereocenters. The number of carbonyl (C=O) groups excluding carboxylic acids is 1. The summed E-state index contributed by atoms with van der Waals surface area (Å²) in [4.78, 5) is 26.7. The van der Waals surface area contributed by atoms with E-state index >= 15 is 0 Å². The summed E-state index contributed by atoms with van der Waals surface area (Å²) in [7, 11) is 0. The molecular formula is C13H25N3O3S. The molecule has 0 radical (unpaired) electrons. The van der Waals surface area contributed by atoms with Crippen molar-refractivity contribution in [1.82, 2.24) is 15.1 Å². The molecule has 1 saturated heterocycles. The smallest absolute Gasteiger partial charge is 0.327 e. The molecule has 7 heteroatoms. The number of carbonyl (C=O) groups is 2. The molecule has 1 atom stereocenters. The lowest BCUT2D eigenvalue weighted by molar-refractivity contribution is -0.140. The topological polar surface area (TPSA) is 72.9 Å². The maximum atomic E-state index is 12.0. The normalized spacial score (nSPS) is 19.1. The van der Waals surface area contributed by atoms with Crippen LogP contribution in [0.4, 0.5) is 4.79 Å². The summed E-state index contributed by atoms with van der Waals surface area (Å²) in [6.45, 7) is 9.79. The van der Waals surface area contributed by atoms with Crippen molar-refractivity contribution in [3.63, 3.8) is 0 Å². The van der Waals surface area contributed by atoms with Crippen LogP contribution in [0.15, 0.2) is 0 Å². The second kappa shape index (κ2) is 7.73. The molecule has 0 aromatic heterocycles. The average molecular weight is 303 g/mol. The van der Waals surface area contributed by atoms with Crippen LogP contribution in [0.2, 0.25) is 0 Å². The number of nitrogens with one attached hydrogen (secondary N) is 1. The van der Waals surface area contributed by atoms with E-state index in [-0.39, 0.29) is 6.03 Å². The Morgan fingerprint density at radius 2 is 1.95 bits per heavy atom. The highest BCUT2D eigenvalue weighted by Gasteiger charge is 2.34. The van der Waals surface area contributed by atoms with Gasteiger partial charge in [-0.05, 0) is 27.7 Å². The Morgan fingerprint density at radius 3 is 2.45 bits per heavy atom. The van der Waals surface area contributed by atoms with Gasteiger partial charge in [-0.25, -0.2) is 9.59 Å². The fraction of sp³-hybridized carbons (Fsp3) is 0.846. The van der Waals surface area contributed by atoms with Gasteiger partial charge in [0.05, 0.1) is 5.88 Å². The number of nitrogens with zero attached hydrogens (tertiary/aromatic N) is 2. The first-order valence-electron chi connectivity index (χ1n) is 6.95. The summed E-state index contributed by atoms with van der Waals surface area (Å²) in [5.74, 6) is -0.0237. The maximum absolute atomic E-state index is 12.0. The third-order valence-electron chi connectivity index (χ3n) is 3.40. The maximum Gasteiger partial charge on any atom is 0.327 e. The van der Waals surface area contributed by atoms with Gasteiger partial charge < -0.3 is 15.3 Å². The Kier molecular flexibility index (Phi) is 6.61. The van der Waals surface area contributed by atoms with Gasteiger partial charge in [-0.2, -0.15) is 0 Å². The van der Waals surface area contributed by atoms with Crippen LogP contribution < -0.4 is 5.32 Å². The number of urea groups is 1. The lowest BCUT2D eigenvalue weighted by atomic mass is 10.2. The van der Waals surface area contributed by atoms with Crippen LogP contribution in [0.25, 0.3) is 0 Å². The Bertz CT molecular complexity index is 342. The monoisotopic (exact) mass is 303 g/mol. The van der Waals surface area contributed by atoms with E-state index in [2.05, 4.69) is 37.9 Å². The van der Waals surface area contributed by atoms with Gasteiger partial charge in [-0.15, -0.1) is 11.8 Å². The summed E-state index contributed by atoms with van der Waals surface area (Å²) in [6.07, 6.45) is 0. The van der Waals surface area contributed by atoms with E-state index in [9.17, 15) is 9.59 Å². The Balaban J connectivity index is 2.41. The number of amides is 2. The van der Waals surface area contributed by atoms with Gasteiger partial charge in [0.2, 0.25) is 0 Å². The highest BCUT2D eigenvalue weighted by molar-refractivity contribution is 7.99. The molecule has 1 fully saturated rings. The first-order valence-corrected chi connectivity index (χ1v) is 8.10. The first kappa shape index (κ1) is 17.1. The molecule has 1 heterocycles. The van der Waals surface area contributed by atoms with Crippen LogP contribution in [0.5, 0.6) is 0 Å². The molecule has 2 N–H and O–H groups in total. The van der Waals surface area contributed by atoms with E-state index in [1.807, 2.05) is 0 Å². The predicted molar refractivity (Wildman–Crippen MR) is 81.0 cm³/mol. The van der Waals surface area contributed by atoms with Crippen molar-refractivity contribution in [2.45, 2.75) is 45.8 Å². The van der Waals surface area contributed by atoms with Gasteiger partial charge in [0.25, 0.3) is 0 Å². The number of hydrogen-bond acceptors (Lipinski definition) is 4. The van der Waals surface area contributed by atoms with Crippen molar-refractivity contribution in [1.29, 1.82) is 0 Å². The second-order valence-electron chi connectivity index (χ2n) is 5.48. The molecule has 20 heavy (non-hydrogen) atoms. The van der Waals surface area contributed by atoms with Crippen LogP contribution in [0, 0.1) is 0 Å². The summed E-state index contributed by atoms with van der Waals surface area (Å²) >= 11 is 1.47. The van der Waals surface area contributed by atoms with Crippen molar-refractivity contribution in [2.75, 3.05) is 24.7 Å². The molecule has 1 rings (SSSR count). The van der Waals surface area contributed by atoms with E-state index in [1.165, 1.54) is 16.7 Å². The Hall–Kier alpha value is -0.950. The molecule has 0 aromatic carbocycles. The molecular weight excluding hydrogens is 278 g/mol. The van der Waals surface area contributed by atoms with E-state index in [0.29, 0.717) is 30.3 Å². The molecule has 0 aliphatic carbocycles.